The van der Waals surface area contributed by atoms with Crippen molar-refractivity contribution >= 4 is 17.4 Å². The maximum absolute atomic E-state index is 12.5. The second kappa shape index (κ2) is 6.57. The van der Waals surface area contributed by atoms with Crippen molar-refractivity contribution < 1.29 is 4.79 Å². The molecule has 1 N–H and O–H groups in total. The van der Waals surface area contributed by atoms with E-state index in [0.717, 1.165) is 43.7 Å². The Bertz CT molecular complexity index is 424. The van der Waals surface area contributed by atoms with Crippen LogP contribution in [0, 0.1) is 0 Å². The number of thiazole rings is 1. The van der Waals surface area contributed by atoms with Gasteiger partial charge < -0.3 is 10.2 Å². The van der Waals surface area contributed by atoms with Gasteiger partial charge in [0.2, 0.25) is 0 Å². The molecule has 0 atom stereocenters. The molecule has 0 bridgehead atoms. The van der Waals surface area contributed by atoms with Gasteiger partial charge in [-0.15, -0.1) is 11.3 Å². The zero-order valence-electron chi connectivity index (χ0n) is 11.9. The van der Waals surface area contributed by atoms with E-state index in [2.05, 4.69) is 10.3 Å². The number of carbonyl (C=O) groups is 1. The Kier molecular flexibility index (Phi) is 4.55. The summed E-state index contributed by atoms with van der Waals surface area (Å²) in [4.78, 5) is 18.8. The maximum Gasteiger partial charge on any atom is 0.317 e. The Morgan fingerprint density at radius 1 is 1.30 bits per heavy atom. The second-order valence-electron chi connectivity index (χ2n) is 5.88. The van der Waals surface area contributed by atoms with Gasteiger partial charge in [-0.1, -0.05) is 19.3 Å². The van der Waals surface area contributed by atoms with Crippen molar-refractivity contribution in [1.82, 2.24) is 15.2 Å². The lowest BCUT2D eigenvalue weighted by molar-refractivity contribution is 0.187. The minimum atomic E-state index is 0.149. The van der Waals surface area contributed by atoms with Crippen LogP contribution in [-0.4, -0.2) is 34.5 Å². The number of rotatable bonds is 5. The largest absolute Gasteiger partial charge is 0.335 e. The van der Waals surface area contributed by atoms with Gasteiger partial charge in [0.15, 0.2) is 0 Å². The summed E-state index contributed by atoms with van der Waals surface area (Å²) in [6.07, 6.45) is 11.2. The Labute approximate surface area is 124 Å². The van der Waals surface area contributed by atoms with Gasteiger partial charge in [0.1, 0.15) is 0 Å². The topological polar surface area (TPSA) is 45.2 Å². The fourth-order valence-corrected chi connectivity index (χ4v) is 3.54. The molecule has 1 aromatic heterocycles. The summed E-state index contributed by atoms with van der Waals surface area (Å²) in [5.41, 5.74) is 0. The third kappa shape index (κ3) is 3.72. The van der Waals surface area contributed by atoms with E-state index in [9.17, 15) is 4.79 Å². The smallest absolute Gasteiger partial charge is 0.317 e. The highest BCUT2D eigenvalue weighted by atomic mass is 32.1. The first kappa shape index (κ1) is 13.9. The van der Waals surface area contributed by atoms with Gasteiger partial charge in [-0.05, 0) is 25.7 Å². The third-order valence-electron chi connectivity index (χ3n) is 4.23. The van der Waals surface area contributed by atoms with Crippen LogP contribution in [0.2, 0.25) is 0 Å². The van der Waals surface area contributed by atoms with Crippen LogP contribution in [0.5, 0.6) is 0 Å². The molecule has 3 rings (SSSR count). The average molecular weight is 293 g/mol. The summed E-state index contributed by atoms with van der Waals surface area (Å²) in [5.74, 6) is 0. The molecule has 110 valence electrons. The van der Waals surface area contributed by atoms with Crippen molar-refractivity contribution in [1.29, 1.82) is 0 Å². The Hall–Kier alpha value is -1.10. The van der Waals surface area contributed by atoms with Gasteiger partial charge in [-0.3, -0.25) is 0 Å². The van der Waals surface area contributed by atoms with Crippen molar-refractivity contribution in [2.45, 2.75) is 63.5 Å². The van der Waals surface area contributed by atoms with Crippen molar-refractivity contribution in [3.8, 4) is 0 Å². The molecule has 2 fully saturated rings. The molecule has 2 aliphatic rings. The van der Waals surface area contributed by atoms with Crippen LogP contribution in [0.3, 0.4) is 0 Å². The monoisotopic (exact) mass is 293 g/mol. The molecule has 0 saturated heterocycles. The third-order valence-corrected chi connectivity index (χ3v) is 5.07. The van der Waals surface area contributed by atoms with Crippen molar-refractivity contribution in [2.75, 3.05) is 6.54 Å². The molecule has 2 amide bonds. The van der Waals surface area contributed by atoms with E-state index >= 15 is 0 Å². The summed E-state index contributed by atoms with van der Waals surface area (Å²) in [6, 6.07) is 1.02. The maximum atomic E-state index is 12.5. The number of amides is 2. The molecule has 0 unspecified atom stereocenters. The van der Waals surface area contributed by atoms with Crippen LogP contribution in [0.4, 0.5) is 4.79 Å². The summed E-state index contributed by atoms with van der Waals surface area (Å²) >= 11 is 1.67. The molecule has 0 spiro atoms. The van der Waals surface area contributed by atoms with Gasteiger partial charge in [-0.25, -0.2) is 9.78 Å². The predicted molar refractivity (Wildman–Crippen MR) is 81.0 cm³/mol. The number of hydrogen-bond donors (Lipinski definition) is 1. The molecule has 20 heavy (non-hydrogen) atoms. The van der Waals surface area contributed by atoms with E-state index in [-0.39, 0.29) is 6.03 Å². The van der Waals surface area contributed by atoms with Gasteiger partial charge in [0.05, 0.1) is 5.01 Å². The first-order valence-corrected chi connectivity index (χ1v) is 8.66. The zero-order valence-corrected chi connectivity index (χ0v) is 12.7. The minimum Gasteiger partial charge on any atom is -0.335 e. The molecule has 4 nitrogen and oxygen atoms in total. The van der Waals surface area contributed by atoms with Gasteiger partial charge >= 0.3 is 6.03 Å². The molecule has 5 heteroatoms. The van der Waals surface area contributed by atoms with Crippen molar-refractivity contribution in [3.05, 3.63) is 16.6 Å². The normalized spacial score (nSPS) is 19.8. The predicted octanol–water partition coefficient (Wildman–Crippen LogP) is 3.19. The van der Waals surface area contributed by atoms with Gasteiger partial charge in [0.25, 0.3) is 0 Å². The number of carbonyl (C=O) groups excluding carboxylic acids is 1. The summed E-state index contributed by atoms with van der Waals surface area (Å²) in [7, 11) is 0. The van der Waals surface area contributed by atoms with Crippen LogP contribution < -0.4 is 5.32 Å². The first-order chi connectivity index (χ1) is 9.83. The Morgan fingerprint density at radius 3 is 2.75 bits per heavy atom. The lowest BCUT2D eigenvalue weighted by atomic mass is 9.96. The van der Waals surface area contributed by atoms with Crippen LogP contribution in [-0.2, 0) is 6.42 Å². The zero-order chi connectivity index (χ0) is 13.8. The average Bonchev–Trinajstić information content (AvgIpc) is 3.15. The second-order valence-corrected chi connectivity index (χ2v) is 6.86. The van der Waals surface area contributed by atoms with E-state index in [1.165, 1.54) is 19.3 Å². The Morgan fingerprint density at radius 2 is 2.10 bits per heavy atom. The number of aromatic nitrogens is 1. The lowest BCUT2D eigenvalue weighted by Gasteiger charge is -2.28. The SMILES string of the molecule is O=C(NC1CCCCC1)N(CCc1nccs1)C1CC1. The molecule has 2 saturated carbocycles. The van der Waals surface area contributed by atoms with E-state index in [1.54, 1.807) is 11.3 Å². The molecule has 0 aromatic carbocycles. The summed E-state index contributed by atoms with van der Waals surface area (Å²) in [6.45, 7) is 0.802. The fraction of sp³-hybridized carbons (Fsp3) is 0.733. The lowest BCUT2D eigenvalue weighted by Crippen LogP contribution is -2.47. The Balaban J connectivity index is 1.51. The molecule has 1 heterocycles. The van der Waals surface area contributed by atoms with Crippen LogP contribution in [0.15, 0.2) is 11.6 Å². The minimum absolute atomic E-state index is 0.149. The van der Waals surface area contributed by atoms with Crippen molar-refractivity contribution in [2.24, 2.45) is 0 Å². The van der Waals surface area contributed by atoms with E-state index < -0.39 is 0 Å². The summed E-state index contributed by atoms with van der Waals surface area (Å²) in [5, 5.41) is 6.37. The standard InChI is InChI=1S/C15H23N3OS/c19-15(17-12-4-2-1-3-5-12)18(13-6-7-13)10-8-14-16-9-11-20-14/h9,11-13H,1-8,10H2,(H,17,19). The molecular weight excluding hydrogens is 270 g/mol. The van der Waals surface area contributed by atoms with E-state index in [0.29, 0.717) is 12.1 Å². The number of urea groups is 1. The van der Waals surface area contributed by atoms with Gasteiger partial charge in [0, 0.05) is 36.6 Å². The highest BCUT2D eigenvalue weighted by molar-refractivity contribution is 7.09. The van der Waals surface area contributed by atoms with Crippen LogP contribution in [0.25, 0.3) is 0 Å². The fourth-order valence-electron chi connectivity index (χ4n) is 2.93. The highest BCUT2D eigenvalue weighted by Gasteiger charge is 2.33. The molecule has 1 aromatic rings. The molecular formula is C15H23N3OS. The van der Waals surface area contributed by atoms with Crippen LogP contribution in [0.1, 0.15) is 50.0 Å². The van der Waals surface area contributed by atoms with Crippen LogP contribution >= 0.6 is 11.3 Å². The number of hydrogen-bond acceptors (Lipinski definition) is 3. The van der Waals surface area contributed by atoms with Gasteiger partial charge in [-0.2, -0.15) is 0 Å². The van der Waals surface area contributed by atoms with Crippen molar-refractivity contribution in [3.63, 3.8) is 0 Å². The highest BCUT2D eigenvalue weighted by Crippen LogP contribution is 2.27. The number of nitrogens with one attached hydrogen (secondary N) is 1. The molecule has 0 aliphatic heterocycles. The first-order valence-electron chi connectivity index (χ1n) is 7.78. The van der Waals surface area contributed by atoms with E-state index in [1.807, 2.05) is 16.5 Å². The summed E-state index contributed by atoms with van der Waals surface area (Å²) < 4.78 is 0. The van der Waals surface area contributed by atoms with E-state index in [4.69, 9.17) is 0 Å². The molecule has 0 radical (unpaired) electrons. The quantitative estimate of drug-likeness (QED) is 0.906. The number of nitrogens with zero attached hydrogens (tertiary/aromatic N) is 2. The molecule has 2 aliphatic carbocycles.